The number of hydrogen-bond acceptors (Lipinski definition) is 4. The summed E-state index contributed by atoms with van der Waals surface area (Å²) in [5, 5.41) is 3.08. The number of carbonyl (C=O) groups is 3. The van der Waals surface area contributed by atoms with Gasteiger partial charge in [0, 0.05) is 10.0 Å². The number of nitrogens with one attached hydrogen (secondary N) is 1. The molecular weight excluding hydrogens is 422 g/mol. The van der Waals surface area contributed by atoms with Gasteiger partial charge in [-0.3, -0.25) is 14.4 Å². The lowest BCUT2D eigenvalue weighted by molar-refractivity contribution is -0.142. The summed E-state index contributed by atoms with van der Waals surface area (Å²) < 4.78 is 5.50. The number of aldehydes is 1. The predicted molar refractivity (Wildman–Crippen MR) is 104 cm³/mol. The van der Waals surface area contributed by atoms with E-state index in [0.29, 0.717) is 33.6 Å². The first-order valence-corrected chi connectivity index (χ1v) is 9.07. The highest BCUT2D eigenvalue weighted by Crippen LogP contribution is 2.28. The lowest BCUT2D eigenvalue weighted by Gasteiger charge is -2.10. The van der Waals surface area contributed by atoms with Crippen LogP contribution in [0.2, 0.25) is 5.02 Å². The molecule has 0 fully saturated rings. The van der Waals surface area contributed by atoms with Gasteiger partial charge in [0.15, 0.2) is 6.29 Å². The molecule has 1 amide bonds. The highest BCUT2D eigenvalue weighted by Gasteiger charge is 2.12. The van der Waals surface area contributed by atoms with Crippen molar-refractivity contribution in [2.75, 3.05) is 11.9 Å². The number of amides is 1. The average molecular weight is 439 g/mol. The van der Waals surface area contributed by atoms with Crippen LogP contribution < -0.4 is 5.32 Å². The summed E-state index contributed by atoms with van der Waals surface area (Å²) in [5.74, 6) is -0.603. The van der Waals surface area contributed by atoms with Crippen LogP contribution in [0.3, 0.4) is 0 Å². The number of rotatable bonds is 7. The van der Waals surface area contributed by atoms with Crippen molar-refractivity contribution >= 4 is 51.4 Å². The van der Waals surface area contributed by atoms with Gasteiger partial charge in [0.1, 0.15) is 0 Å². The largest absolute Gasteiger partial charge is 0.466 e. The monoisotopic (exact) mass is 437 g/mol. The van der Waals surface area contributed by atoms with Crippen molar-refractivity contribution < 1.29 is 19.1 Å². The highest BCUT2D eigenvalue weighted by atomic mass is 79.9. The molecule has 5 nitrogen and oxygen atoms in total. The van der Waals surface area contributed by atoms with E-state index in [9.17, 15) is 14.4 Å². The second-order valence-electron chi connectivity index (χ2n) is 5.50. The van der Waals surface area contributed by atoms with E-state index in [1.165, 1.54) is 6.07 Å². The van der Waals surface area contributed by atoms with Crippen molar-refractivity contribution in [1.29, 1.82) is 0 Å². The Morgan fingerprint density at radius 1 is 1.19 bits per heavy atom. The normalized spacial score (nSPS) is 10.3. The van der Waals surface area contributed by atoms with Gasteiger partial charge in [0.2, 0.25) is 5.91 Å². The Morgan fingerprint density at radius 3 is 2.54 bits per heavy atom. The van der Waals surface area contributed by atoms with Gasteiger partial charge < -0.3 is 10.1 Å². The maximum Gasteiger partial charge on any atom is 0.310 e. The van der Waals surface area contributed by atoms with Gasteiger partial charge in [0.25, 0.3) is 0 Å². The van der Waals surface area contributed by atoms with E-state index in [1.54, 1.807) is 37.3 Å². The molecule has 0 atom stereocenters. The van der Waals surface area contributed by atoms with Crippen LogP contribution in [0.1, 0.15) is 28.4 Å². The number of anilines is 1. The SMILES string of the molecule is CCOC(=O)Cc1cccc(CC(=O)Nc2cc(Cl)c(Br)cc2C=O)c1. The molecule has 7 heteroatoms. The molecule has 0 saturated heterocycles. The Bertz CT molecular complexity index is 838. The second-order valence-corrected chi connectivity index (χ2v) is 6.76. The number of ether oxygens (including phenoxy) is 1. The van der Waals surface area contributed by atoms with Crippen LogP contribution in [0.15, 0.2) is 40.9 Å². The molecule has 2 aromatic rings. The van der Waals surface area contributed by atoms with E-state index in [4.69, 9.17) is 16.3 Å². The summed E-state index contributed by atoms with van der Waals surface area (Å²) in [6.07, 6.45) is 0.903. The zero-order valence-electron chi connectivity index (χ0n) is 14.1. The molecule has 0 heterocycles. The lowest BCUT2D eigenvalue weighted by Crippen LogP contribution is -2.16. The van der Waals surface area contributed by atoms with E-state index in [-0.39, 0.29) is 24.7 Å². The predicted octanol–water partition coefficient (Wildman–Crippen LogP) is 4.20. The van der Waals surface area contributed by atoms with Crippen LogP contribution in [0.25, 0.3) is 0 Å². The molecule has 0 aliphatic rings. The standard InChI is InChI=1S/C19H17BrClNO4/c1-2-26-19(25)8-13-5-3-4-12(6-13)7-18(24)22-17-10-16(21)15(20)9-14(17)11-23/h3-6,9-11H,2,7-8H2,1H3,(H,22,24). The Hall–Kier alpha value is -2.18. The lowest BCUT2D eigenvalue weighted by atomic mass is 10.1. The summed E-state index contributed by atoms with van der Waals surface area (Å²) >= 11 is 9.26. The summed E-state index contributed by atoms with van der Waals surface area (Å²) in [5.41, 5.74) is 2.20. The molecule has 0 aliphatic carbocycles. The maximum atomic E-state index is 12.3. The van der Waals surface area contributed by atoms with E-state index in [2.05, 4.69) is 21.2 Å². The molecular formula is C19H17BrClNO4. The third-order valence-corrected chi connectivity index (χ3v) is 4.70. The van der Waals surface area contributed by atoms with Gasteiger partial charge in [-0.25, -0.2) is 0 Å². The van der Waals surface area contributed by atoms with E-state index in [0.717, 1.165) is 11.1 Å². The van der Waals surface area contributed by atoms with Crippen LogP contribution in [0.4, 0.5) is 5.69 Å². The number of esters is 1. The van der Waals surface area contributed by atoms with Crippen molar-refractivity contribution in [2.24, 2.45) is 0 Å². The Labute approximate surface area is 164 Å². The molecule has 136 valence electrons. The second kappa shape index (κ2) is 9.50. The quantitative estimate of drug-likeness (QED) is 0.519. The summed E-state index contributed by atoms with van der Waals surface area (Å²) in [6, 6.07) is 10.2. The minimum Gasteiger partial charge on any atom is -0.466 e. The maximum absolute atomic E-state index is 12.3. The van der Waals surface area contributed by atoms with Crippen LogP contribution in [-0.4, -0.2) is 24.8 Å². The number of carbonyl (C=O) groups excluding carboxylic acids is 3. The fourth-order valence-corrected chi connectivity index (χ4v) is 2.90. The molecule has 0 radical (unpaired) electrons. The smallest absolute Gasteiger partial charge is 0.310 e. The number of halogens is 2. The Morgan fingerprint density at radius 2 is 1.88 bits per heavy atom. The van der Waals surface area contributed by atoms with Gasteiger partial charge in [-0.05, 0) is 46.1 Å². The minimum absolute atomic E-state index is 0.0998. The fraction of sp³-hybridized carbons (Fsp3) is 0.211. The van der Waals surface area contributed by atoms with E-state index in [1.807, 2.05) is 0 Å². The van der Waals surface area contributed by atoms with Crippen molar-refractivity contribution in [1.82, 2.24) is 0 Å². The average Bonchev–Trinajstić information content (AvgIpc) is 2.58. The summed E-state index contributed by atoms with van der Waals surface area (Å²) in [7, 11) is 0. The molecule has 26 heavy (non-hydrogen) atoms. The molecule has 2 aromatic carbocycles. The number of benzene rings is 2. The molecule has 2 rings (SSSR count). The zero-order chi connectivity index (χ0) is 19.1. The third-order valence-electron chi connectivity index (χ3n) is 3.50. The molecule has 0 unspecified atom stereocenters. The van der Waals surface area contributed by atoms with Gasteiger partial charge in [-0.2, -0.15) is 0 Å². The molecule has 0 aromatic heterocycles. The van der Waals surface area contributed by atoms with Crippen molar-refractivity contribution in [3.63, 3.8) is 0 Å². The third kappa shape index (κ3) is 5.68. The summed E-state index contributed by atoms with van der Waals surface area (Å²) in [4.78, 5) is 35.0. The van der Waals surface area contributed by atoms with E-state index < -0.39 is 0 Å². The Kier molecular flexibility index (Phi) is 7.36. The number of hydrogen-bond donors (Lipinski definition) is 1. The molecule has 0 spiro atoms. The summed E-state index contributed by atoms with van der Waals surface area (Å²) in [6.45, 7) is 2.08. The van der Waals surface area contributed by atoms with Crippen LogP contribution in [0.5, 0.6) is 0 Å². The molecule has 1 N–H and O–H groups in total. The van der Waals surface area contributed by atoms with Gasteiger partial charge in [0.05, 0.1) is 30.2 Å². The van der Waals surface area contributed by atoms with Crippen molar-refractivity contribution in [3.8, 4) is 0 Å². The van der Waals surface area contributed by atoms with Crippen LogP contribution in [0, 0.1) is 0 Å². The minimum atomic E-state index is -0.311. The van der Waals surface area contributed by atoms with E-state index >= 15 is 0 Å². The first-order chi connectivity index (χ1) is 12.4. The van der Waals surface area contributed by atoms with Crippen molar-refractivity contribution in [2.45, 2.75) is 19.8 Å². The Balaban J connectivity index is 2.08. The van der Waals surface area contributed by atoms with Crippen LogP contribution >= 0.6 is 27.5 Å². The van der Waals surface area contributed by atoms with Gasteiger partial charge in [-0.15, -0.1) is 0 Å². The zero-order valence-corrected chi connectivity index (χ0v) is 16.4. The topological polar surface area (TPSA) is 72.5 Å². The van der Waals surface area contributed by atoms with Gasteiger partial charge >= 0.3 is 5.97 Å². The van der Waals surface area contributed by atoms with Gasteiger partial charge in [-0.1, -0.05) is 35.9 Å². The highest BCUT2D eigenvalue weighted by molar-refractivity contribution is 9.10. The van der Waals surface area contributed by atoms with Crippen LogP contribution in [-0.2, 0) is 27.2 Å². The van der Waals surface area contributed by atoms with Crippen molar-refractivity contribution in [3.05, 3.63) is 62.6 Å². The first-order valence-electron chi connectivity index (χ1n) is 7.90. The molecule has 0 bridgehead atoms. The molecule has 0 saturated carbocycles. The first kappa shape index (κ1) is 20.1. The fourth-order valence-electron chi connectivity index (χ4n) is 2.38. The molecule has 0 aliphatic heterocycles.